The molecule has 0 spiro atoms. The number of rotatable bonds is 12. The SMILES string of the molecule is C=C(CC)NCCCCCC(=O)NCCCCC. The number of nitrogens with one attached hydrogen (secondary N) is 2. The number of hydrogen-bond donors (Lipinski definition) is 2. The molecule has 0 aliphatic heterocycles. The first-order valence-electron chi connectivity index (χ1n) is 7.39. The molecule has 0 unspecified atom stereocenters. The van der Waals surface area contributed by atoms with E-state index in [0.29, 0.717) is 6.42 Å². The predicted molar refractivity (Wildman–Crippen MR) is 78.4 cm³/mol. The first-order valence-corrected chi connectivity index (χ1v) is 7.39. The molecule has 0 aromatic rings. The fourth-order valence-corrected chi connectivity index (χ4v) is 1.67. The van der Waals surface area contributed by atoms with Crippen LogP contribution < -0.4 is 10.6 Å². The first kappa shape index (κ1) is 17.0. The van der Waals surface area contributed by atoms with E-state index in [1.54, 1.807) is 0 Å². The van der Waals surface area contributed by atoms with Crippen LogP contribution in [-0.2, 0) is 4.79 Å². The Morgan fingerprint density at radius 1 is 0.944 bits per heavy atom. The highest BCUT2D eigenvalue weighted by Gasteiger charge is 1.99. The third-order valence-corrected chi connectivity index (χ3v) is 2.98. The Morgan fingerprint density at radius 3 is 2.28 bits per heavy atom. The van der Waals surface area contributed by atoms with Gasteiger partial charge in [-0.2, -0.15) is 0 Å². The average Bonchev–Trinajstić information content (AvgIpc) is 2.38. The number of amides is 1. The van der Waals surface area contributed by atoms with E-state index >= 15 is 0 Å². The van der Waals surface area contributed by atoms with E-state index in [0.717, 1.165) is 50.9 Å². The van der Waals surface area contributed by atoms with Crippen LogP contribution in [-0.4, -0.2) is 19.0 Å². The molecular weight excluding hydrogens is 224 g/mol. The zero-order valence-corrected chi connectivity index (χ0v) is 12.2. The van der Waals surface area contributed by atoms with Crippen molar-refractivity contribution in [1.82, 2.24) is 10.6 Å². The predicted octanol–water partition coefficient (Wildman–Crippen LogP) is 3.37. The van der Waals surface area contributed by atoms with Crippen LogP contribution in [0.2, 0.25) is 0 Å². The van der Waals surface area contributed by atoms with Gasteiger partial charge in [0.05, 0.1) is 0 Å². The average molecular weight is 254 g/mol. The molecule has 1 amide bonds. The molecule has 3 nitrogen and oxygen atoms in total. The second-order valence-corrected chi connectivity index (χ2v) is 4.75. The molecule has 0 aromatic heterocycles. The standard InChI is InChI=1S/C15H30N2O/c1-4-6-9-13-17-15(18)11-8-7-10-12-16-14(3)5-2/h16H,3-13H2,1-2H3,(H,17,18). The summed E-state index contributed by atoms with van der Waals surface area (Å²) in [4.78, 5) is 11.5. The number of carbonyl (C=O) groups is 1. The van der Waals surface area contributed by atoms with E-state index < -0.39 is 0 Å². The summed E-state index contributed by atoms with van der Waals surface area (Å²) in [6.45, 7) is 9.97. The van der Waals surface area contributed by atoms with E-state index in [1.165, 1.54) is 12.8 Å². The third kappa shape index (κ3) is 11.5. The van der Waals surface area contributed by atoms with Gasteiger partial charge in [0.1, 0.15) is 0 Å². The van der Waals surface area contributed by atoms with Gasteiger partial charge >= 0.3 is 0 Å². The maximum atomic E-state index is 11.5. The Morgan fingerprint density at radius 2 is 1.61 bits per heavy atom. The summed E-state index contributed by atoms with van der Waals surface area (Å²) in [5, 5.41) is 6.24. The van der Waals surface area contributed by atoms with E-state index in [9.17, 15) is 4.79 Å². The maximum absolute atomic E-state index is 11.5. The minimum atomic E-state index is 0.206. The summed E-state index contributed by atoms with van der Waals surface area (Å²) < 4.78 is 0. The van der Waals surface area contributed by atoms with E-state index in [-0.39, 0.29) is 5.91 Å². The molecule has 0 aliphatic carbocycles. The molecule has 2 N–H and O–H groups in total. The molecule has 0 atom stereocenters. The smallest absolute Gasteiger partial charge is 0.219 e. The van der Waals surface area contributed by atoms with Crippen molar-refractivity contribution >= 4 is 5.91 Å². The van der Waals surface area contributed by atoms with Crippen LogP contribution >= 0.6 is 0 Å². The highest BCUT2D eigenvalue weighted by Crippen LogP contribution is 2.00. The van der Waals surface area contributed by atoms with Gasteiger partial charge < -0.3 is 10.6 Å². The molecule has 0 saturated heterocycles. The second-order valence-electron chi connectivity index (χ2n) is 4.75. The van der Waals surface area contributed by atoms with Gasteiger partial charge in [0.15, 0.2) is 0 Å². The summed E-state index contributed by atoms with van der Waals surface area (Å²) in [7, 11) is 0. The zero-order chi connectivity index (χ0) is 13.6. The van der Waals surface area contributed by atoms with E-state index in [4.69, 9.17) is 0 Å². The van der Waals surface area contributed by atoms with Crippen molar-refractivity contribution in [3.05, 3.63) is 12.3 Å². The summed E-state index contributed by atoms with van der Waals surface area (Å²) in [5.74, 6) is 0.206. The molecule has 0 radical (unpaired) electrons. The fraction of sp³-hybridized carbons (Fsp3) is 0.800. The topological polar surface area (TPSA) is 41.1 Å². The van der Waals surface area contributed by atoms with Crippen LogP contribution in [0.4, 0.5) is 0 Å². The molecule has 0 bridgehead atoms. The molecule has 0 saturated carbocycles. The normalized spacial score (nSPS) is 10.1. The lowest BCUT2D eigenvalue weighted by molar-refractivity contribution is -0.121. The first-order chi connectivity index (χ1) is 8.70. The van der Waals surface area contributed by atoms with Crippen molar-refractivity contribution in [1.29, 1.82) is 0 Å². The van der Waals surface area contributed by atoms with Crippen LogP contribution in [0.1, 0.15) is 65.2 Å². The molecule has 0 aromatic carbocycles. The van der Waals surface area contributed by atoms with Crippen molar-refractivity contribution < 1.29 is 4.79 Å². The molecule has 0 aliphatic rings. The van der Waals surface area contributed by atoms with Gasteiger partial charge in [-0.1, -0.05) is 39.7 Å². The molecule has 0 heterocycles. The molecule has 3 heteroatoms. The van der Waals surface area contributed by atoms with Gasteiger partial charge in [-0.3, -0.25) is 4.79 Å². The number of carbonyl (C=O) groups excluding carboxylic acids is 1. The minimum Gasteiger partial charge on any atom is -0.389 e. The molecular formula is C15H30N2O. The summed E-state index contributed by atoms with van der Waals surface area (Å²) in [6, 6.07) is 0. The maximum Gasteiger partial charge on any atom is 0.219 e. The van der Waals surface area contributed by atoms with Crippen LogP contribution in [0.15, 0.2) is 12.3 Å². The Kier molecular flexibility index (Phi) is 11.8. The molecule has 0 fully saturated rings. The Bertz CT molecular complexity index is 227. The third-order valence-electron chi connectivity index (χ3n) is 2.98. The van der Waals surface area contributed by atoms with Gasteiger partial charge in [0, 0.05) is 25.2 Å². The van der Waals surface area contributed by atoms with Gasteiger partial charge in [-0.05, 0) is 25.7 Å². The fourth-order valence-electron chi connectivity index (χ4n) is 1.67. The lowest BCUT2D eigenvalue weighted by Crippen LogP contribution is -2.24. The van der Waals surface area contributed by atoms with Crippen molar-refractivity contribution in [2.24, 2.45) is 0 Å². The zero-order valence-electron chi connectivity index (χ0n) is 12.2. The van der Waals surface area contributed by atoms with Gasteiger partial charge in [-0.15, -0.1) is 0 Å². The lowest BCUT2D eigenvalue weighted by atomic mass is 10.2. The van der Waals surface area contributed by atoms with Crippen molar-refractivity contribution in [2.75, 3.05) is 13.1 Å². The van der Waals surface area contributed by atoms with Crippen molar-refractivity contribution in [3.8, 4) is 0 Å². The van der Waals surface area contributed by atoms with Crippen LogP contribution in [0.25, 0.3) is 0 Å². The summed E-state index contributed by atoms with van der Waals surface area (Å²) in [6.07, 6.45) is 8.36. The van der Waals surface area contributed by atoms with Crippen LogP contribution in [0.5, 0.6) is 0 Å². The Hall–Kier alpha value is -0.990. The monoisotopic (exact) mass is 254 g/mol. The Balaban J connectivity index is 3.22. The van der Waals surface area contributed by atoms with Gasteiger partial charge in [-0.25, -0.2) is 0 Å². The summed E-state index contributed by atoms with van der Waals surface area (Å²) in [5.41, 5.74) is 1.10. The van der Waals surface area contributed by atoms with Crippen LogP contribution in [0, 0.1) is 0 Å². The molecule has 18 heavy (non-hydrogen) atoms. The van der Waals surface area contributed by atoms with Gasteiger partial charge in [0.2, 0.25) is 5.91 Å². The van der Waals surface area contributed by atoms with Crippen molar-refractivity contribution in [2.45, 2.75) is 65.2 Å². The Labute approximate surface area is 112 Å². The van der Waals surface area contributed by atoms with Crippen molar-refractivity contribution in [3.63, 3.8) is 0 Å². The number of hydrogen-bond acceptors (Lipinski definition) is 2. The van der Waals surface area contributed by atoms with Gasteiger partial charge in [0.25, 0.3) is 0 Å². The van der Waals surface area contributed by atoms with Crippen LogP contribution in [0.3, 0.4) is 0 Å². The summed E-state index contributed by atoms with van der Waals surface area (Å²) >= 11 is 0. The highest BCUT2D eigenvalue weighted by molar-refractivity contribution is 5.75. The largest absolute Gasteiger partial charge is 0.389 e. The molecule has 0 rings (SSSR count). The highest BCUT2D eigenvalue weighted by atomic mass is 16.1. The molecule has 106 valence electrons. The van der Waals surface area contributed by atoms with E-state index in [1.807, 2.05) is 0 Å². The lowest BCUT2D eigenvalue weighted by Gasteiger charge is -2.07. The van der Waals surface area contributed by atoms with E-state index in [2.05, 4.69) is 31.1 Å². The second kappa shape index (κ2) is 12.5. The number of unbranched alkanes of at least 4 members (excludes halogenated alkanes) is 4. The number of allylic oxidation sites excluding steroid dienone is 1. The minimum absolute atomic E-state index is 0.206. The quantitative estimate of drug-likeness (QED) is 0.524.